The van der Waals surface area contributed by atoms with Crippen LogP contribution in [0.4, 0.5) is 4.79 Å². The number of fused-ring (bicyclic) bond motifs is 1. The van der Waals surface area contributed by atoms with Crippen molar-refractivity contribution in [1.29, 1.82) is 5.26 Å². The summed E-state index contributed by atoms with van der Waals surface area (Å²) in [5.41, 5.74) is 1.89. The van der Waals surface area contributed by atoms with Crippen LogP contribution in [0.5, 0.6) is 0 Å². The minimum absolute atomic E-state index is 0.201. The van der Waals surface area contributed by atoms with E-state index in [0.29, 0.717) is 12.2 Å². The number of hydrogen-bond donors (Lipinski definition) is 2. The second kappa shape index (κ2) is 11.0. The summed E-state index contributed by atoms with van der Waals surface area (Å²) >= 11 is 0. The molecule has 0 unspecified atom stereocenters. The van der Waals surface area contributed by atoms with Gasteiger partial charge in [0.05, 0.1) is 45.9 Å². The molecule has 2 N–H and O–H groups in total. The van der Waals surface area contributed by atoms with E-state index in [4.69, 9.17) is 9.31 Å². The van der Waals surface area contributed by atoms with Crippen molar-refractivity contribution in [2.45, 2.75) is 71.2 Å². The highest BCUT2D eigenvalue weighted by Crippen LogP contribution is 2.38. The average molecular weight is 570 g/mol. The molecular weight excluding hydrogens is 533 g/mol. The maximum atomic E-state index is 13.6. The molecule has 5 rings (SSSR count). The number of aromatic nitrogens is 2. The van der Waals surface area contributed by atoms with Crippen molar-refractivity contribution in [2.24, 2.45) is 11.8 Å². The second-order valence-electron chi connectivity index (χ2n) is 12.5. The lowest BCUT2D eigenvalue weighted by atomic mass is 9.78. The number of nitrogens with one attached hydrogen (secondary N) is 2. The third kappa shape index (κ3) is 5.44. The average Bonchev–Trinajstić information content (AvgIpc) is 3.66. The van der Waals surface area contributed by atoms with Gasteiger partial charge < -0.3 is 19.2 Å². The van der Waals surface area contributed by atoms with E-state index in [2.05, 4.69) is 56.8 Å². The molecular formula is C31H37BN5O5+. The molecule has 2 aliphatic rings. The summed E-state index contributed by atoms with van der Waals surface area (Å²) in [6.07, 6.45) is 1.41. The minimum atomic E-state index is -0.823. The highest BCUT2D eigenvalue weighted by atomic mass is 16.7. The maximum Gasteiger partial charge on any atom is 0.691 e. The number of nitriles is 1. The first-order valence-electron chi connectivity index (χ1n) is 14.2. The number of H-pyrrole nitrogens is 1. The van der Waals surface area contributed by atoms with Gasteiger partial charge in [0, 0.05) is 12.1 Å². The molecule has 3 aromatic rings. The van der Waals surface area contributed by atoms with Gasteiger partial charge in [-0.15, -0.1) is 0 Å². The molecule has 2 amide bonds. The monoisotopic (exact) mass is 570 g/mol. The van der Waals surface area contributed by atoms with E-state index in [1.165, 1.54) is 0 Å². The first-order valence-corrected chi connectivity index (χ1v) is 14.2. The Morgan fingerprint density at radius 1 is 1.17 bits per heavy atom. The van der Waals surface area contributed by atoms with Gasteiger partial charge in [0.2, 0.25) is 5.91 Å². The lowest BCUT2D eigenvalue weighted by molar-refractivity contribution is -0.333. The molecule has 3 atom stereocenters. The van der Waals surface area contributed by atoms with Crippen molar-refractivity contribution in [1.82, 2.24) is 20.2 Å². The maximum absolute atomic E-state index is 13.6. The van der Waals surface area contributed by atoms with Gasteiger partial charge in [0.1, 0.15) is 11.9 Å². The van der Waals surface area contributed by atoms with Crippen molar-refractivity contribution < 1.29 is 23.3 Å². The van der Waals surface area contributed by atoms with E-state index in [9.17, 15) is 14.9 Å². The molecule has 11 heteroatoms. The lowest BCUT2D eigenvalue weighted by Gasteiger charge is -2.32. The molecule has 3 heterocycles. The number of hydrogen-bond acceptors (Lipinski definition) is 6. The summed E-state index contributed by atoms with van der Waals surface area (Å²) in [6.45, 7) is 15.2. The van der Waals surface area contributed by atoms with Gasteiger partial charge in [-0.2, -0.15) is 5.26 Å². The van der Waals surface area contributed by atoms with Crippen LogP contribution in [-0.4, -0.2) is 64.6 Å². The Morgan fingerprint density at radius 2 is 1.83 bits per heavy atom. The van der Waals surface area contributed by atoms with Gasteiger partial charge in [-0.25, -0.2) is 4.98 Å². The SMILES string of the molecule is C=[O+]C(=O)N[C@@H](C(=O)N1C[C@H](C#N)C[C@@H]1c1ncc(-c2ccc3cc(B4OC(C)(C)C(C)(C)O4)ccc3c2)[nH]1)C(C)C. The molecule has 42 heavy (non-hydrogen) atoms. The smallest absolute Gasteiger partial charge is 0.399 e. The number of carbonyl (C=O) groups is 2. The standard InChI is InChI=1S/C31H36BN5O5/c1-18(2)26(36-29(39)40-7)28(38)37-17-19(15-33)12-25(37)27-34-16-24(35-27)22-9-8-21-14-23(11-10-20(21)13-22)32-41-30(3,4)31(5,6)42-32/h8-11,13-14,16,18-19,25-26H,7,12,17H2,1-6H3,(H-,34,35,36,39)/p+1/t19-,25+,26+/m0/s1. The summed E-state index contributed by atoms with van der Waals surface area (Å²) in [4.78, 5) is 35.1. The van der Waals surface area contributed by atoms with E-state index >= 15 is 0 Å². The van der Waals surface area contributed by atoms with E-state index in [0.717, 1.165) is 27.5 Å². The van der Waals surface area contributed by atoms with E-state index in [1.807, 2.05) is 53.7 Å². The predicted molar refractivity (Wildman–Crippen MR) is 160 cm³/mol. The third-order valence-electron chi connectivity index (χ3n) is 8.72. The van der Waals surface area contributed by atoms with Gasteiger partial charge in [-0.3, -0.25) is 14.5 Å². The summed E-state index contributed by atoms with van der Waals surface area (Å²) in [7, 11) is -0.432. The highest BCUT2D eigenvalue weighted by molar-refractivity contribution is 6.62. The van der Waals surface area contributed by atoms with Crippen LogP contribution in [-0.2, 0) is 18.5 Å². The van der Waals surface area contributed by atoms with Crippen LogP contribution < -0.4 is 10.8 Å². The van der Waals surface area contributed by atoms with Gasteiger partial charge in [-0.05, 0) is 62.3 Å². The fourth-order valence-electron chi connectivity index (χ4n) is 5.50. The van der Waals surface area contributed by atoms with Gasteiger partial charge >= 0.3 is 13.2 Å². The van der Waals surface area contributed by atoms with E-state index in [1.54, 1.807) is 11.1 Å². The molecule has 2 aromatic carbocycles. The summed E-state index contributed by atoms with van der Waals surface area (Å²) in [5, 5.41) is 14.3. The van der Waals surface area contributed by atoms with Crippen molar-refractivity contribution in [3.63, 3.8) is 0 Å². The Bertz CT molecular complexity index is 1560. The first-order chi connectivity index (χ1) is 19.8. The highest BCUT2D eigenvalue weighted by Gasteiger charge is 2.51. The number of amides is 2. The summed E-state index contributed by atoms with van der Waals surface area (Å²) in [6, 6.07) is 13.4. The van der Waals surface area contributed by atoms with Gasteiger partial charge in [0.25, 0.3) is 0 Å². The van der Waals surface area contributed by atoms with Gasteiger partial charge in [0.15, 0.2) is 6.79 Å². The van der Waals surface area contributed by atoms with Crippen LogP contribution in [0.25, 0.3) is 22.0 Å². The largest absolute Gasteiger partial charge is 0.691 e. The van der Waals surface area contributed by atoms with Crippen molar-refractivity contribution >= 4 is 42.1 Å². The topological polar surface area (TPSA) is 132 Å². The molecule has 0 saturated carbocycles. The lowest BCUT2D eigenvalue weighted by Crippen LogP contribution is -2.51. The fraction of sp³-hybridized carbons (Fsp3) is 0.452. The molecule has 0 aliphatic carbocycles. The van der Waals surface area contributed by atoms with Crippen LogP contribution in [0.15, 0.2) is 42.6 Å². The Morgan fingerprint density at radius 3 is 2.48 bits per heavy atom. The van der Waals surface area contributed by atoms with Crippen molar-refractivity contribution in [2.75, 3.05) is 6.54 Å². The zero-order valence-electron chi connectivity index (χ0n) is 24.9. The molecule has 0 bridgehead atoms. The number of aromatic amines is 1. The minimum Gasteiger partial charge on any atom is -0.399 e. The number of imidazole rings is 1. The normalized spacial score (nSPS) is 21.9. The molecule has 0 spiro atoms. The van der Waals surface area contributed by atoms with Crippen LogP contribution in [0.2, 0.25) is 0 Å². The zero-order chi connectivity index (χ0) is 30.4. The van der Waals surface area contributed by atoms with Crippen LogP contribution >= 0.6 is 0 Å². The van der Waals surface area contributed by atoms with Crippen molar-refractivity contribution in [3.8, 4) is 17.3 Å². The third-order valence-corrected chi connectivity index (χ3v) is 8.72. The Kier molecular flexibility index (Phi) is 7.73. The van der Waals surface area contributed by atoms with Crippen LogP contribution in [0, 0.1) is 23.2 Å². The molecule has 1 aromatic heterocycles. The molecule has 218 valence electrons. The van der Waals surface area contributed by atoms with Gasteiger partial charge in [-0.1, -0.05) is 44.2 Å². The number of likely N-dealkylation sites (tertiary alicyclic amines) is 1. The molecule has 0 radical (unpaired) electrons. The number of nitrogens with zero attached hydrogens (tertiary/aromatic N) is 3. The molecule has 10 nitrogen and oxygen atoms in total. The summed E-state index contributed by atoms with van der Waals surface area (Å²) < 4.78 is 16.9. The summed E-state index contributed by atoms with van der Waals surface area (Å²) in [5.74, 6) is -0.249. The van der Waals surface area contributed by atoms with E-state index < -0.39 is 36.5 Å². The fourth-order valence-corrected chi connectivity index (χ4v) is 5.50. The van der Waals surface area contributed by atoms with Crippen molar-refractivity contribution in [3.05, 3.63) is 48.4 Å². The molecule has 2 aliphatic heterocycles. The Labute approximate surface area is 246 Å². The Balaban J connectivity index is 1.38. The number of rotatable bonds is 6. The Hall–Kier alpha value is -4.01. The van der Waals surface area contributed by atoms with Crippen LogP contribution in [0.3, 0.4) is 0 Å². The number of benzene rings is 2. The quantitative estimate of drug-likeness (QED) is 0.340. The van der Waals surface area contributed by atoms with Crippen LogP contribution in [0.1, 0.15) is 59.8 Å². The zero-order valence-corrected chi connectivity index (χ0v) is 24.9. The second-order valence-corrected chi connectivity index (χ2v) is 12.5. The number of carbonyl (C=O) groups excluding carboxylic acids is 3. The molecule has 2 saturated heterocycles. The molecule has 2 fully saturated rings. The first kappa shape index (κ1) is 29.5. The predicted octanol–water partition coefficient (Wildman–Crippen LogP) is 4.04. The van der Waals surface area contributed by atoms with E-state index in [-0.39, 0.29) is 24.3 Å².